The van der Waals surface area contributed by atoms with E-state index in [-0.39, 0.29) is 24.2 Å². The quantitative estimate of drug-likeness (QED) is 0.298. The molecule has 2 aromatic heterocycles. The molecule has 0 saturated carbocycles. The molecule has 37 heavy (non-hydrogen) atoms. The molecule has 0 spiro atoms. The third-order valence-electron chi connectivity index (χ3n) is 6.29. The summed E-state index contributed by atoms with van der Waals surface area (Å²) in [5, 5.41) is 12.4. The van der Waals surface area contributed by atoms with Gasteiger partial charge >= 0.3 is 0 Å². The molecule has 1 aliphatic heterocycles. The zero-order chi connectivity index (χ0) is 25.4. The van der Waals surface area contributed by atoms with Gasteiger partial charge in [0.05, 0.1) is 11.4 Å². The number of hydrogen-bond acceptors (Lipinski definition) is 5. The summed E-state index contributed by atoms with van der Waals surface area (Å²) in [5.74, 6) is 1.07. The number of para-hydroxylation sites is 1. The van der Waals surface area contributed by atoms with E-state index in [0.717, 1.165) is 45.8 Å². The molecule has 1 unspecified atom stereocenters. The summed E-state index contributed by atoms with van der Waals surface area (Å²) in [5.41, 5.74) is 5.74. The third-order valence-corrected chi connectivity index (χ3v) is 6.54. The average molecular weight is 511 g/mol. The third kappa shape index (κ3) is 4.73. The van der Waals surface area contributed by atoms with Crippen LogP contribution in [0.3, 0.4) is 0 Å². The molecule has 0 aliphatic carbocycles. The Labute approximate surface area is 218 Å². The van der Waals surface area contributed by atoms with Gasteiger partial charge in [-0.3, -0.25) is 4.79 Å². The van der Waals surface area contributed by atoms with Gasteiger partial charge in [-0.05, 0) is 67.1 Å². The first-order chi connectivity index (χ1) is 18.0. The van der Waals surface area contributed by atoms with E-state index in [4.69, 9.17) is 26.0 Å². The van der Waals surface area contributed by atoms with Crippen molar-refractivity contribution < 1.29 is 14.1 Å². The van der Waals surface area contributed by atoms with Crippen LogP contribution < -0.4 is 10.1 Å². The fourth-order valence-corrected chi connectivity index (χ4v) is 4.59. The minimum Gasteiger partial charge on any atom is -0.490 e. The zero-order valence-electron chi connectivity index (χ0n) is 20.0. The number of benzene rings is 3. The van der Waals surface area contributed by atoms with Gasteiger partial charge in [0.25, 0.3) is 5.91 Å². The minimum atomic E-state index is -0.335. The van der Waals surface area contributed by atoms with Crippen molar-refractivity contribution in [1.82, 2.24) is 20.3 Å². The van der Waals surface area contributed by atoms with Crippen LogP contribution in [0.5, 0.6) is 5.75 Å². The summed E-state index contributed by atoms with van der Waals surface area (Å²) in [6.07, 6.45) is 2.96. The smallest absolute Gasteiger partial charge is 0.273 e. The van der Waals surface area contributed by atoms with Crippen molar-refractivity contribution in [2.45, 2.75) is 26.0 Å². The molecule has 0 fully saturated rings. The number of fused-ring (bicyclic) bond motifs is 1. The maximum absolute atomic E-state index is 12.9. The second kappa shape index (κ2) is 9.59. The number of nitrogens with one attached hydrogen (secondary N) is 1. The molecular formula is C29H23ClN4O3. The van der Waals surface area contributed by atoms with E-state index in [0.29, 0.717) is 10.8 Å². The number of hydrogen-bond donors (Lipinski definition) is 1. The Hall–Kier alpha value is -4.36. The molecule has 0 saturated heterocycles. The van der Waals surface area contributed by atoms with Gasteiger partial charge in [-0.15, -0.1) is 0 Å². The molecule has 0 radical (unpaired) electrons. The summed E-state index contributed by atoms with van der Waals surface area (Å²) >= 11 is 5.96. The SMILES string of the molecule is CC1Cc2cc(-c3nn(-c4ccccc4)cc3CNC(=O)c3cc(-c4ccc(Cl)cc4)on3)ccc2O1. The Morgan fingerprint density at radius 1 is 1.05 bits per heavy atom. The lowest BCUT2D eigenvalue weighted by Crippen LogP contribution is -2.23. The van der Waals surface area contributed by atoms with Gasteiger partial charge < -0.3 is 14.6 Å². The highest BCUT2D eigenvalue weighted by atomic mass is 35.5. The van der Waals surface area contributed by atoms with E-state index >= 15 is 0 Å². The van der Waals surface area contributed by atoms with Crippen molar-refractivity contribution in [3.8, 4) is 34.0 Å². The lowest BCUT2D eigenvalue weighted by atomic mass is 10.0. The number of halogens is 1. The maximum Gasteiger partial charge on any atom is 0.273 e. The van der Waals surface area contributed by atoms with E-state index in [1.165, 1.54) is 0 Å². The number of nitrogens with zero attached hydrogens (tertiary/aromatic N) is 3. The van der Waals surface area contributed by atoms with E-state index in [1.54, 1.807) is 18.2 Å². The van der Waals surface area contributed by atoms with Crippen molar-refractivity contribution >= 4 is 17.5 Å². The molecule has 3 aromatic carbocycles. The van der Waals surface area contributed by atoms with Crippen LogP contribution in [0.25, 0.3) is 28.3 Å². The molecule has 1 atom stereocenters. The second-order valence-corrected chi connectivity index (χ2v) is 9.44. The van der Waals surface area contributed by atoms with Gasteiger partial charge in [0, 0.05) is 46.9 Å². The second-order valence-electron chi connectivity index (χ2n) is 9.00. The Balaban J connectivity index is 1.26. The molecule has 7 nitrogen and oxygen atoms in total. The lowest BCUT2D eigenvalue weighted by Gasteiger charge is -2.06. The van der Waals surface area contributed by atoms with Crippen LogP contribution >= 0.6 is 11.6 Å². The lowest BCUT2D eigenvalue weighted by molar-refractivity contribution is 0.0942. The molecule has 3 heterocycles. The normalized spacial score (nSPS) is 14.3. The first-order valence-electron chi connectivity index (χ1n) is 12.0. The Bertz CT molecular complexity index is 1570. The largest absolute Gasteiger partial charge is 0.490 e. The van der Waals surface area contributed by atoms with Gasteiger partial charge in [-0.2, -0.15) is 5.10 Å². The maximum atomic E-state index is 12.9. The first-order valence-corrected chi connectivity index (χ1v) is 12.4. The Morgan fingerprint density at radius 3 is 2.65 bits per heavy atom. The van der Waals surface area contributed by atoms with Crippen LogP contribution in [0.4, 0.5) is 0 Å². The summed E-state index contributed by atoms with van der Waals surface area (Å²) in [6.45, 7) is 2.33. The van der Waals surface area contributed by atoms with Crippen molar-refractivity contribution in [3.05, 3.63) is 107 Å². The van der Waals surface area contributed by atoms with Crippen molar-refractivity contribution in [2.24, 2.45) is 0 Å². The van der Waals surface area contributed by atoms with Crippen LogP contribution in [-0.4, -0.2) is 26.9 Å². The van der Waals surface area contributed by atoms with Gasteiger partial charge in [0.2, 0.25) is 0 Å². The number of aromatic nitrogens is 3. The molecule has 184 valence electrons. The molecule has 8 heteroatoms. The summed E-state index contributed by atoms with van der Waals surface area (Å²) in [6, 6.07) is 24.8. The molecule has 5 aromatic rings. The first kappa shape index (κ1) is 23.1. The Morgan fingerprint density at radius 2 is 1.84 bits per heavy atom. The summed E-state index contributed by atoms with van der Waals surface area (Å²) < 4.78 is 13.1. The summed E-state index contributed by atoms with van der Waals surface area (Å²) in [7, 11) is 0. The van der Waals surface area contributed by atoms with Crippen molar-refractivity contribution in [1.29, 1.82) is 0 Å². The molecule has 6 rings (SSSR count). The number of amides is 1. The van der Waals surface area contributed by atoms with Crippen LogP contribution in [-0.2, 0) is 13.0 Å². The predicted molar refractivity (Wildman–Crippen MR) is 141 cm³/mol. The number of carbonyl (C=O) groups is 1. The van der Waals surface area contributed by atoms with Crippen LogP contribution in [0.2, 0.25) is 5.02 Å². The molecule has 1 amide bonds. The van der Waals surface area contributed by atoms with Crippen LogP contribution in [0.1, 0.15) is 28.5 Å². The number of rotatable bonds is 6. The van der Waals surface area contributed by atoms with E-state index in [9.17, 15) is 4.79 Å². The van der Waals surface area contributed by atoms with E-state index in [1.807, 2.05) is 65.5 Å². The standard InChI is InChI=1S/C29H23ClN4O3/c1-18-13-21-14-20(9-12-26(21)36-18)28-22(17-34(32-28)24-5-3-2-4-6-24)16-31-29(35)25-15-27(37-33-25)19-7-10-23(30)11-8-19/h2-12,14-15,17-18H,13,16H2,1H3,(H,31,35). The monoisotopic (exact) mass is 510 g/mol. The van der Waals surface area contributed by atoms with Crippen molar-refractivity contribution in [2.75, 3.05) is 0 Å². The van der Waals surface area contributed by atoms with Crippen LogP contribution in [0.15, 0.2) is 89.6 Å². The summed E-state index contributed by atoms with van der Waals surface area (Å²) in [4.78, 5) is 12.9. The zero-order valence-corrected chi connectivity index (χ0v) is 20.8. The molecule has 1 N–H and O–H groups in total. The topological polar surface area (TPSA) is 82.2 Å². The van der Waals surface area contributed by atoms with E-state index < -0.39 is 0 Å². The highest BCUT2D eigenvalue weighted by Gasteiger charge is 2.22. The predicted octanol–water partition coefficient (Wildman–Crippen LogP) is 6.10. The van der Waals surface area contributed by atoms with Gasteiger partial charge in [0.1, 0.15) is 11.9 Å². The molecule has 1 aliphatic rings. The van der Waals surface area contributed by atoms with Crippen LogP contribution in [0, 0.1) is 0 Å². The highest BCUT2D eigenvalue weighted by molar-refractivity contribution is 6.30. The fraction of sp³-hybridized carbons (Fsp3) is 0.138. The Kier molecular flexibility index (Phi) is 5.98. The van der Waals surface area contributed by atoms with Gasteiger partial charge in [-0.25, -0.2) is 4.68 Å². The fourth-order valence-electron chi connectivity index (χ4n) is 4.46. The van der Waals surface area contributed by atoms with Gasteiger partial charge in [0.15, 0.2) is 11.5 Å². The number of carbonyl (C=O) groups excluding carboxylic acids is 1. The molecular weight excluding hydrogens is 488 g/mol. The van der Waals surface area contributed by atoms with Crippen molar-refractivity contribution in [3.63, 3.8) is 0 Å². The minimum absolute atomic E-state index is 0.158. The number of ether oxygens (including phenoxy) is 1. The van der Waals surface area contributed by atoms with Gasteiger partial charge in [-0.1, -0.05) is 35.0 Å². The highest BCUT2D eigenvalue weighted by Crippen LogP contribution is 2.34. The molecule has 0 bridgehead atoms. The average Bonchev–Trinajstić information content (AvgIpc) is 3.65. The van der Waals surface area contributed by atoms with E-state index in [2.05, 4.69) is 23.5 Å².